The molecule has 1 rings (SSSR count). The molecule has 2 atom stereocenters. The van der Waals surface area contributed by atoms with Crippen molar-refractivity contribution in [1.82, 2.24) is 5.32 Å². The molecule has 0 heterocycles. The maximum Gasteiger partial charge on any atom is 0.303 e. The molecule has 2 unspecified atom stereocenters. The smallest absolute Gasteiger partial charge is 0.303 e. The maximum absolute atomic E-state index is 12.0. The second-order valence-corrected chi connectivity index (χ2v) is 5.45. The minimum absolute atomic E-state index is 0.0559. The third kappa shape index (κ3) is 5.61. The second-order valence-electron chi connectivity index (χ2n) is 5.04. The molecule has 110 valence electrons. The Bertz CT molecular complexity index is 476. The first kappa shape index (κ1) is 16.5. The van der Waals surface area contributed by atoms with E-state index in [2.05, 4.69) is 5.32 Å². The number of hydrogen-bond acceptors (Lipinski definition) is 2. The van der Waals surface area contributed by atoms with Gasteiger partial charge in [0.1, 0.15) is 0 Å². The van der Waals surface area contributed by atoms with Gasteiger partial charge in [-0.1, -0.05) is 36.7 Å². The van der Waals surface area contributed by atoms with Gasteiger partial charge in [-0.15, -0.1) is 0 Å². The number of rotatable bonds is 7. The van der Waals surface area contributed by atoms with Crippen molar-refractivity contribution in [1.29, 1.82) is 0 Å². The third-order valence-corrected chi connectivity index (χ3v) is 3.48. The van der Waals surface area contributed by atoms with Crippen molar-refractivity contribution in [2.75, 3.05) is 0 Å². The van der Waals surface area contributed by atoms with Crippen LogP contribution in [-0.2, 0) is 16.0 Å². The van der Waals surface area contributed by atoms with Crippen molar-refractivity contribution in [3.63, 3.8) is 0 Å². The lowest BCUT2D eigenvalue weighted by Crippen LogP contribution is -2.37. The molecule has 1 amide bonds. The van der Waals surface area contributed by atoms with E-state index in [0.29, 0.717) is 17.9 Å². The van der Waals surface area contributed by atoms with Gasteiger partial charge in [0.05, 0.1) is 0 Å². The van der Waals surface area contributed by atoms with E-state index in [-0.39, 0.29) is 24.3 Å². The van der Waals surface area contributed by atoms with Gasteiger partial charge in [0, 0.05) is 23.4 Å². The summed E-state index contributed by atoms with van der Waals surface area (Å²) in [7, 11) is 0. The molecule has 0 spiro atoms. The van der Waals surface area contributed by atoms with Gasteiger partial charge in [-0.3, -0.25) is 9.59 Å². The average Bonchev–Trinajstić information content (AvgIpc) is 2.39. The summed E-state index contributed by atoms with van der Waals surface area (Å²) in [5.74, 6) is -1.14. The van der Waals surface area contributed by atoms with Gasteiger partial charge in [0.15, 0.2) is 0 Å². The first-order valence-corrected chi connectivity index (χ1v) is 7.03. The topological polar surface area (TPSA) is 66.4 Å². The van der Waals surface area contributed by atoms with E-state index in [1.54, 1.807) is 6.07 Å². The molecule has 0 aromatic heterocycles. The Kier molecular flexibility index (Phi) is 6.52. The molecule has 0 bridgehead atoms. The fraction of sp³-hybridized carbons (Fsp3) is 0.467. The van der Waals surface area contributed by atoms with Crippen molar-refractivity contribution in [3.8, 4) is 0 Å². The minimum Gasteiger partial charge on any atom is -0.481 e. The van der Waals surface area contributed by atoms with Crippen molar-refractivity contribution < 1.29 is 14.7 Å². The molecule has 5 heteroatoms. The first-order valence-electron chi connectivity index (χ1n) is 6.65. The molecule has 0 saturated heterocycles. The number of carbonyl (C=O) groups is 2. The number of nitrogens with one attached hydrogen (secondary N) is 1. The Morgan fingerprint density at radius 2 is 1.95 bits per heavy atom. The minimum atomic E-state index is -0.852. The zero-order valence-corrected chi connectivity index (χ0v) is 12.5. The number of halogens is 1. The predicted octanol–water partition coefficient (Wildman–Crippen LogP) is 2.89. The van der Waals surface area contributed by atoms with Crippen LogP contribution in [-0.4, -0.2) is 23.0 Å². The van der Waals surface area contributed by atoms with Gasteiger partial charge < -0.3 is 10.4 Å². The SMILES string of the molecule is CC(CCC(=O)O)NC(=O)C(C)Cc1ccccc1Cl. The molecular formula is C15H20ClNO3. The Hall–Kier alpha value is -1.55. The fourth-order valence-electron chi connectivity index (χ4n) is 1.88. The number of aliphatic carboxylic acids is 1. The van der Waals surface area contributed by atoms with Crippen LogP contribution in [0.3, 0.4) is 0 Å². The highest BCUT2D eigenvalue weighted by Crippen LogP contribution is 2.18. The van der Waals surface area contributed by atoms with Crippen LogP contribution in [0.4, 0.5) is 0 Å². The van der Waals surface area contributed by atoms with E-state index in [9.17, 15) is 9.59 Å². The Balaban J connectivity index is 2.47. The number of benzene rings is 1. The van der Waals surface area contributed by atoms with Crippen LogP contribution in [0.5, 0.6) is 0 Å². The highest BCUT2D eigenvalue weighted by Gasteiger charge is 2.17. The molecular weight excluding hydrogens is 278 g/mol. The van der Waals surface area contributed by atoms with Crippen LogP contribution in [0.15, 0.2) is 24.3 Å². The average molecular weight is 298 g/mol. The van der Waals surface area contributed by atoms with E-state index >= 15 is 0 Å². The highest BCUT2D eigenvalue weighted by molar-refractivity contribution is 6.31. The lowest BCUT2D eigenvalue weighted by molar-refractivity contribution is -0.137. The highest BCUT2D eigenvalue weighted by atomic mass is 35.5. The van der Waals surface area contributed by atoms with Crippen LogP contribution < -0.4 is 5.32 Å². The summed E-state index contributed by atoms with van der Waals surface area (Å²) in [5.41, 5.74) is 0.940. The quantitative estimate of drug-likeness (QED) is 0.813. The number of carbonyl (C=O) groups excluding carboxylic acids is 1. The third-order valence-electron chi connectivity index (χ3n) is 3.11. The number of amides is 1. The molecule has 1 aromatic carbocycles. The molecule has 0 aliphatic heterocycles. The molecule has 0 saturated carbocycles. The largest absolute Gasteiger partial charge is 0.481 e. The number of carboxylic acid groups (broad SMARTS) is 1. The standard InChI is InChI=1S/C15H20ClNO3/c1-10(9-12-5-3-4-6-13(12)16)15(20)17-11(2)7-8-14(18)19/h3-6,10-11H,7-9H2,1-2H3,(H,17,20)(H,18,19). The van der Waals surface area contributed by atoms with Gasteiger partial charge >= 0.3 is 5.97 Å². The summed E-state index contributed by atoms with van der Waals surface area (Å²) in [6.45, 7) is 3.64. The Labute approximate surface area is 124 Å². The number of hydrogen-bond donors (Lipinski definition) is 2. The monoisotopic (exact) mass is 297 g/mol. The summed E-state index contributed by atoms with van der Waals surface area (Å²) in [6.07, 6.45) is 1.05. The molecule has 2 N–H and O–H groups in total. The molecule has 4 nitrogen and oxygen atoms in total. The molecule has 0 aliphatic carbocycles. The van der Waals surface area contributed by atoms with Crippen molar-refractivity contribution in [3.05, 3.63) is 34.9 Å². The fourth-order valence-corrected chi connectivity index (χ4v) is 2.10. The molecule has 0 radical (unpaired) electrons. The summed E-state index contributed by atoms with van der Waals surface area (Å²) >= 11 is 6.07. The van der Waals surface area contributed by atoms with Crippen LogP contribution in [0, 0.1) is 5.92 Å². The number of carboxylic acids is 1. The molecule has 0 fully saturated rings. The van der Waals surface area contributed by atoms with Crippen LogP contribution in [0.25, 0.3) is 0 Å². The van der Waals surface area contributed by atoms with E-state index in [4.69, 9.17) is 16.7 Å². The summed E-state index contributed by atoms with van der Waals surface area (Å²) < 4.78 is 0. The van der Waals surface area contributed by atoms with Gasteiger partial charge in [-0.2, -0.15) is 0 Å². The van der Waals surface area contributed by atoms with Gasteiger partial charge in [-0.25, -0.2) is 0 Å². The zero-order chi connectivity index (χ0) is 15.1. The second kappa shape index (κ2) is 7.90. The van der Waals surface area contributed by atoms with Crippen molar-refractivity contribution in [2.45, 2.75) is 39.2 Å². The maximum atomic E-state index is 12.0. The van der Waals surface area contributed by atoms with Crippen LogP contribution in [0.1, 0.15) is 32.3 Å². The lowest BCUT2D eigenvalue weighted by atomic mass is 10.00. The van der Waals surface area contributed by atoms with E-state index in [1.807, 2.05) is 32.0 Å². The van der Waals surface area contributed by atoms with Crippen LogP contribution >= 0.6 is 11.6 Å². The Morgan fingerprint density at radius 1 is 1.30 bits per heavy atom. The zero-order valence-electron chi connectivity index (χ0n) is 11.7. The van der Waals surface area contributed by atoms with Gasteiger partial charge in [-0.05, 0) is 31.4 Å². The summed E-state index contributed by atoms with van der Waals surface area (Å²) in [4.78, 5) is 22.5. The van der Waals surface area contributed by atoms with Crippen LogP contribution in [0.2, 0.25) is 5.02 Å². The van der Waals surface area contributed by atoms with Gasteiger partial charge in [0.25, 0.3) is 0 Å². The van der Waals surface area contributed by atoms with E-state index in [1.165, 1.54) is 0 Å². The molecule has 20 heavy (non-hydrogen) atoms. The summed E-state index contributed by atoms with van der Waals surface area (Å²) in [6, 6.07) is 7.30. The predicted molar refractivity (Wildman–Crippen MR) is 78.8 cm³/mol. The van der Waals surface area contributed by atoms with Gasteiger partial charge in [0.2, 0.25) is 5.91 Å². The first-order chi connectivity index (χ1) is 9.40. The summed E-state index contributed by atoms with van der Waals surface area (Å²) in [5, 5.41) is 12.1. The normalized spacial score (nSPS) is 13.6. The van der Waals surface area contributed by atoms with Crippen molar-refractivity contribution in [2.24, 2.45) is 5.92 Å². The van der Waals surface area contributed by atoms with Crippen molar-refractivity contribution >= 4 is 23.5 Å². The molecule has 1 aromatic rings. The van der Waals surface area contributed by atoms with E-state index in [0.717, 1.165) is 5.56 Å². The Morgan fingerprint density at radius 3 is 2.55 bits per heavy atom. The van der Waals surface area contributed by atoms with E-state index < -0.39 is 5.97 Å². The lowest BCUT2D eigenvalue weighted by Gasteiger charge is -2.17. The molecule has 0 aliphatic rings.